The number of nitrogens with one attached hydrogen (secondary N) is 3. The van der Waals surface area contributed by atoms with Gasteiger partial charge in [0, 0.05) is 30.5 Å². The lowest BCUT2D eigenvalue weighted by Crippen LogP contribution is -2.46. The lowest BCUT2D eigenvalue weighted by molar-refractivity contribution is 0.0174. The molecule has 3 N–H and O–H groups in total. The van der Waals surface area contributed by atoms with E-state index in [0.29, 0.717) is 42.9 Å². The molecule has 0 aromatic heterocycles. The molecule has 0 bridgehead atoms. The van der Waals surface area contributed by atoms with Crippen molar-refractivity contribution in [3.63, 3.8) is 0 Å². The van der Waals surface area contributed by atoms with Gasteiger partial charge in [-0.2, -0.15) is 0 Å². The third-order valence-corrected chi connectivity index (χ3v) is 7.58. The standard InChI is InChI=1S/C26H36N4O5S/c1-18-17-22(11-12-23(18)28-24(31)27-21-9-7-6-8-10-21)36(33,34)29-19(2)20-13-15-30(16-14-20)25(32)35-26(3,4)5/h6-12,17,19-20,29H,13-16H2,1-5H3,(H2,27,28,31)/t19-/m1/s1. The Labute approximate surface area is 213 Å². The van der Waals surface area contributed by atoms with Gasteiger partial charge in [-0.25, -0.2) is 22.7 Å². The quantitative estimate of drug-likeness (QED) is 0.502. The van der Waals surface area contributed by atoms with Crippen LogP contribution >= 0.6 is 0 Å². The number of carbonyl (C=O) groups excluding carboxylic acids is 2. The molecule has 1 saturated heterocycles. The minimum atomic E-state index is -3.76. The molecular weight excluding hydrogens is 480 g/mol. The van der Waals surface area contributed by atoms with Gasteiger partial charge < -0.3 is 20.3 Å². The Morgan fingerprint density at radius 2 is 1.67 bits per heavy atom. The smallest absolute Gasteiger partial charge is 0.410 e. The highest BCUT2D eigenvalue weighted by Crippen LogP contribution is 2.25. The summed E-state index contributed by atoms with van der Waals surface area (Å²) < 4.78 is 34.3. The first-order valence-electron chi connectivity index (χ1n) is 12.1. The molecule has 0 radical (unpaired) electrons. The number of anilines is 2. The molecule has 10 heteroatoms. The van der Waals surface area contributed by atoms with Crippen molar-refractivity contribution in [2.75, 3.05) is 23.7 Å². The number of amides is 3. The van der Waals surface area contributed by atoms with Gasteiger partial charge in [-0.05, 0) is 89.3 Å². The average molecular weight is 517 g/mol. The summed E-state index contributed by atoms with van der Waals surface area (Å²) in [6.07, 6.45) is 1.03. The largest absolute Gasteiger partial charge is 0.444 e. The molecule has 2 aromatic carbocycles. The van der Waals surface area contributed by atoms with E-state index in [4.69, 9.17) is 4.74 Å². The summed E-state index contributed by atoms with van der Waals surface area (Å²) in [5.41, 5.74) is 1.25. The van der Waals surface area contributed by atoms with Gasteiger partial charge in [0.15, 0.2) is 0 Å². The second kappa shape index (κ2) is 11.3. The summed E-state index contributed by atoms with van der Waals surface area (Å²) in [5.74, 6) is 0.0992. The van der Waals surface area contributed by atoms with Crippen LogP contribution in [0, 0.1) is 12.8 Å². The molecule has 0 spiro atoms. The number of aryl methyl sites for hydroxylation is 1. The number of urea groups is 1. The molecule has 196 valence electrons. The SMILES string of the molecule is Cc1cc(S(=O)(=O)N[C@H](C)C2CCN(C(=O)OC(C)(C)C)CC2)ccc1NC(=O)Nc1ccccc1. The van der Waals surface area contributed by atoms with E-state index >= 15 is 0 Å². The van der Waals surface area contributed by atoms with E-state index in [-0.39, 0.29) is 22.9 Å². The van der Waals surface area contributed by atoms with Crippen LogP contribution in [-0.4, -0.2) is 50.2 Å². The number of ether oxygens (including phenoxy) is 1. The second-order valence-electron chi connectivity index (χ2n) is 10.1. The number of para-hydroxylation sites is 1. The monoisotopic (exact) mass is 516 g/mol. The van der Waals surface area contributed by atoms with Crippen LogP contribution in [0.4, 0.5) is 21.0 Å². The molecule has 9 nitrogen and oxygen atoms in total. The molecule has 0 saturated carbocycles. The number of nitrogens with zero attached hydrogens (tertiary/aromatic N) is 1. The fraction of sp³-hybridized carbons (Fsp3) is 0.462. The Bertz CT molecular complexity index is 1170. The lowest BCUT2D eigenvalue weighted by atomic mass is 9.91. The molecular formula is C26H36N4O5S. The Kier molecular flexibility index (Phi) is 8.63. The van der Waals surface area contributed by atoms with Crippen LogP contribution in [0.1, 0.15) is 46.1 Å². The average Bonchev–Trinajstić information content (AvgIpc) is 2.79. The highest BCUT2D eigenvalue weighted by molar-refractivity contribution is 7.89. The van der Waals surface area contributed by atoms with E-state index in [2.05, 4.69) is 15.4 Å². The van der Waals surface area contributed by atoms with Crippen molar-refractivity contribution in [3.05, 3.63) is 54.1 Å². The zero-order chi connectivity index (χ0) is 26.5. The molecule has 3 amide bonds. The van der Waals surface area contributed by atoms with Crippen LogP contribution in [0.3, 0.4) is 0 Å². The van der Waals surface area contributed by atoms with Crippen LogP contribution in [-0.2, 0) is 14.8 Å². The molecule has 2 aromatic rings. The maximum absolute atomic E-state index is 13.0. The van der Waals surface area contributed by atoms with Gasteiger partial charge in [-0.3, -0.25) is 0 Å². The van der Waals surface area contributed by atoms with Gasteiger partial charge in [0.1, 0.15) is 5.60 Å². The predicted molar refractivity (Wildman–Crippen MR) is 141 cm³/mol. The summed E-state index contributed by atoms with van der Waals surface area (Å²) in [7, 11) is -3.76. The first-order chi connectivity index (χ1) is 16.8. The topological polar surface area (TPSA) is 117 Å². The van der Waals surface area contributed by atoms with Crippen molar-refractivity contribution < 1.29 is 22.7 Å². The van der Waals surface area contributed by atoms with Crippen molar-refractivity contribution >= 4 is 33.5 Å². The lowest BCUT2D eigenvalue weighted by Gasteiger charge is -2.35. The Balaban J connectivity index is 1.56. The summed E-state index contributed by atoms with van der Waals surface area (Å²) in [5, 5.41) is 5.48. The summed E-state index contributed by atoms with van der Waals surface area (Å²) in [6, 6.07) is 12.9. The number of benzene rings is 2. The minimum Gasteiger partial charge on any atom is -0.444 e. The van der Waals surface area contributed by atoms with Crippen molar-refractivity contribution in [1.29, 1.82) is 0 Å². The van der Waals surface area contributed by atoms with E-state index in [1.807, 2.05) is 45.9 Å². The molecule has 3 rings (SSSR count). The summed E-state index contributed by atoms with van der Waals surface area (Å²) in [6.45, 7) is 10.1. The maximum Gasteiger partial charge on any atom is 0.410 e. The van der Waals surface area contributed by atoms with Crippen molar-refractivity contribution in [2.45, 2.75) is 64.0 Å². The highest BCUT2D eigenvalue weighted by Gasteiger charge is 2.31. The normalized spacial score (nSPS) is 15.8. The third-order valence-electron chi connectivity index (χ3n) is 6.03. The van der Waals surface area contributed by atoms with Gasteiger partial charge in [-0.15, -0.1) is 0 Å². The zero-order valence-corrected chi connectivity index (χ0v) is 22.3. The fourth-order valence-electron chi connectivity index (χ4n) is 4.07. The number of hydrogen-bond donors (Lipinski definition) is 3. The van der Waals surface area contributed by atoms with Crippen LogP contribution in [0.5, 0.6) is 0 Å². The third kappa shape index (κ3) is 7.69. The number of likely N-dealkylation sites (tertiary alicyclic amines) is 1. The van der Waals surface area contributed by atoms with E-state index in [1.54, 1.807) is 30.0 Å². The molecule has 1 aliphatic rings. The van der Waals surface area contributed by atoms with Crippen molar-refractivity contribution in [3.8, 4) is 0 Å². The highest BCUT2D eigenvalue weighted by atomic mass is 32.2. The van der Waals surface area contributed by atoms with Gasteiger partial charge in [0.05, 0.1) is 4.90 Å². The second-order valence-corrected chi connectivity index (χ2v) is 11.9. The van der Waals surface area contributed by atoms with Gasteiger partial charge in [0.25, 0.3) is 0 Å². The molecule has 1 atom stereocenters. The van der Waals surface area contributed by atoms with Crippen molar-refractivity contribution in [1.82, 2.24) is 9.62 Å². The first kappa shape index (κ1) is 27.5. The predicted octanol–water partition coefficient (Wildman–Crippen LogP) is 4.95. The van der Waals surface area contributed by atoms with Gasteiger partial charge in [0.2, 0.25) is 10.0 Å². The number of sulfonamides is 1. The summed E-state index contributed by atoms with van der Waals surface area (Å²) >= 11 is 0. The maximum atomic E-state index is 13.0. The Hall–Kier alpha value is -3.11. The fourth-order valence-corrected chi connectivity index (χ4v) is 5.46. The number of rotatable bonds is 6. The van der Waals surface area contributed by atoms with Crippen LogP contribution < -0.4 is 15.4 Å². The van der Waals surface area contributed by atoms with Gasteiger partial charge in [-0.1, -0.05) is 18.2 Å². The number of piperidine rings is 1. The number of hydrogen-bond acceptors (Lipinski definition) is 5. The number of carbonyl (C=O) groups is 2. The van der Waals surface area contributed by atoms with Gasteiger partial charge >= 0.3 is 12.1 Å². The van der Waals surface area contributed by atoms with E-state index in [0.717, 1.165) is 0 Å². The molecule has 1 aliphatic heterocycles. The molecule has 0 unspecified atom stereocenters. The first-order valence-corrected chi connectivity index (χ1v) is 13.6. The Morgan fingerprint density at radius 1 is 1.03 bits per heavy atom. The zero-order valence-electron chi connectivity index (χ0n) is 21.5. The van der Waals surface area contributed by atoms with Crippen molar-refractivity contribution in [2.24, 2.45) is 5.92 Å². The Morgan fingerprint density at radius 3 is 2.25 bits per heavy atom. The van der Waals surface area contributed by atoms with E-state index in [1.165, 1.54) is 12.1 Å². The van der Waals surface area contributed by atoms with Crippen LogP contribution in [0.25, 0.3) is 0 Å². The molecule has 0 aliphatic carbocycles. The molecule has 36 heavy (non-hydrogen) atoms. The van der Waals surface area contributed by atoms with E-state index in [9.17, 15) is 18.0 Å². The molecule has 1 fully saturated rings. The van der Waals surface area contributed by atoms with Crippen LogP contribution in [0.15, 0.2) is 53.4 Å². The minimum absolute atomic E-state index is 0.0992. The molecule has 1 heterocycles. The van der Waals surface area contributed by atoms with E-state index < -0.39 is 21.7 Å². The van der Waals surface area contributed by atoms with Crippen LogP contribution in [0.2, 0.25) is 0 Å². The summed E-state index contributed by atoms with van der Waals surface area (Å²) in [4.78, 5) is 26.4.